The minimum atomic E-state index is -4.81. The lowest BCUT2D eigenvalue weighted by atomic mass is 10.1. The Balaban J connectivity index is 3.39. The number of alkyl halides is 3. The first-order chi connectivity index (χ1) is 6.73. The fourth-order valence-electron chi connectivity index (χ4n) is 0.915. The number of carbonyl (C=O) groups is 1. The summed E-state index contributed by atoms with van der Waals surface area (Å²) >= 11 is 7.73. The molecule has 1 nitrogen and oxygen atoms in total. The third-order valence-electron chi connectivity index (χ3n) is 1.57. The fourth-order valence-corrected chi connectivity index (χ4v) is 1.71. The van der Waals surface area contributed by atoms with Crippen molar-refractivity contribution >= 4 is 32.8 Å². The van der Waals surface area contributed by atoms with Crippen LogP contribution in [0.2, 0.25) is 0 Å². The van der Waals surface area contributed by atoms with Crippen LogP contribution in [0.3, 0.4) is 0 Å². The molecule has 7 heteroatoms. The monoisotopic (exact) mass is 304 g/mol. The van der Waals surface area contributed by atoms with Crippen LogP contribution in [0.4, 0.5) is 17.6 Å². The van der Waals surface area contributed by atoms with Gasteiger partial charge < -0.3 is 0 Å². The molecule has 0 aliphatic heterocycles. The minimum absolute atomic E-state index is 0.198. The van der Waals surface area contributed by atoms with Gasteiger partial charge in [0.2, 0.25) is 0 Å². The van der Waals surface area contributed by atoms with Gasteiger partial charge >= 0.3 is 6.18 Å². The summed E-state index contributed by atoms with van der Waals surface area (Å²) in [6.07, 6.45) is -4.81. The Morgan fingerprint density at radius 3 is 2.27 bits per heavy atom. The molecule has 0 heterocycles. The molecule has 0 bridgehead atoms. The van der Waals surface area contributed by atoms with Gasteiger partial charge in [-0.25, -0.2) is 4.39 Å². The highest BCUT2D eigenvalue weighted by atomic mass is 79.9. The Labute approximate surface area is 95.2 Å². The molecule has 0 radical (unpaired) electrons. The van der Waals surface area contributed by atoms with E-state index in [0.717, 1.165) is 0 Å². The lowest BCUT2D eigenvalue weighted by Gasteiger charge is -2.09. The second-order valence-corrected chi connectivity index (χ2v) is 3.78. The second kappa shape index (κ2) is 4.09. The Bertz CT molecular complexity index is 416. The van der Waals surface area contributed by atoms with Crippen LogP contribution in [0.15, 0.2) is 16.6 Å². The van der Waals surface area contributed by atoms with Crippen LogP contribution in [0.25, 0.3) is 0 Å². The van der Waals surface area contributed by atoms with Crippen molar-refractivity contribution in [1.29, 1.82) is 0 Å². The summed E-state index contributed by atoms with van der Waals surface area (Å²) in [6.45, 7) is 0. The Morgan fingerprint density at radius 1 is 1.33 bits per heavy atom. The summed E-state index contributed by atoms with van der Waals surface area (Å²) in [7, 11) is 0. The van der Waals surface area contributed by atoms with E-state index in [1.165, 1.54) is 0 Å². The minimum Gasteiger partial charge on any atom is -0.276 e. The molecule has 0 amide bonds. The topological polar surface area (TPSA) is 17.1 Å². The van der Waals surface area contributed by atoms with Gasteiger partial charge in [-0.15, -0.1) is 0 Å². The molecule has 1 rings (SSSR count). The first kappa shape index (κ1) is 12.4. The van der Waals surface area contributed by atoms with Crippen molar-refractivity contribution in [1.82, 2.24) is 0 Å². The maximum atomic E-state index is 12.9. The average molecular weight is 305 g/mol. The van der Waals surface area contributed by atoms with Gasteiger partial charge in [0, 0.05) is 4.47 Å². The first-order valence-corrected chi connectivity index (χ1v) is 4.66. The molecular weight excluding hydrogens is 303 g/mol. The van der Waals surface area contributed by atoms with Crippen molar-refractivity contribution < 1.29 is 22.4 Å². The predicted molar refractivity (Wildman–Crippen MR) is 49.3 cm³/mol. The summed E-state index contributed by atoms with van der Waals surface area (Å²) in [6, 6.07) is 0.924. The highest BCUT2D eigenvalue weighted by molar-refractivity contribution is 9.10. The molecule has 1 aromatic rings. The van der Waals surface area contributed by atoms with E-state index in [2.05, 4.69) is 15.9 Å². The van der Waals surface area contributed by atoms with E-state index in [0.29, 0.717) is 12.1 Å². The molecule has 15 heavy (non-hydrogen) atoms. The number of hydrogen-bond acceptors (Lipinski definition) is 1. The molecule has 0 aromatic heterocycles. The second-order valence-electron chi connectivity index (χ2n) is 2.58. The lowest BCUT2D eigenvalue weighted by molar-refractivity contribution is -0.140. The van der Waals surface area contributed by atoms with E-state index in [1.54, 1.807) is 0 Å². The SMILES string of the molecule is O=C(Cl)c1cc(F)c(C(F)(F)F)cc1Br. The standard InChI is InChI=1S/C8H2BrClF4O/c9-5-2-4(8(12,13)14)6(11)1-3(5)7(10)15/h1-2H. The maximum absolute atomic E-state index is 12.9. The molecule has 0 saturated heterocycles. The fraction of sp³-hybridized carbons (Fsp3) is 0.125. The summed E-state index contributed by atoms with van der Waals surface area (Å²) < 4.78 is 49.3. The molecule has 82 valence electrons. The average Bonchev–Trinajstić information content (AvgIpc) is 2.06. The molecule has 0 saturated carbocycles. The van der Waals surface area contributed by atoms with Crippen molar-refractivity contribution in [2.75, 3.05) is 0 Å². The van der Waals surface area contributed by atoms with Gasteiger partial charge in [-0.2, -0.15) is 13.2 Å². The Morgan fingerprint density at radius 2 is 1.87 bits per heavy atom. The molecule has 0 aliphatic rings. The van der Waals surface area contributed by atoms with E-state index in [4.69, 9.17) is 11.6 Å². The quantitative estimate of drug-likeness (QED) is 0.566. The lowest BCUT2D eigenvalue weighted by Crippen LogP contribution is -2.09. The zero-order valence-corrected chi connectivity index (χ0v) is 9.17. The van der Waals surface area contributed by atoms with Crippen molar-refractivity contribution in [2.24, 2.45) is 0 Å². The van der Waals surface area contributed by atoms with E-state index in [1.807, 2.05) is 0 Å². The van der Waals surface area contributed by atoms with Gasteiger partial charge in [0.1, 0.15) is 5.82 Å². The predicted octanol–water partition coefficient (Wildman–Crippen LogP) is 3.99. The summed E-state index contributed by atoms with van der Waals surface area (Å²) in [5.41, 5.74) is -1.79. The first-order valence-electron chi connectivity index (χ1n) is 3.49. The van der Waals surface area contributed by atoms with Crippen molar-refractivity contribution in [3.63, 3.8) is 0 Å². The largest absolute Gasteiger partial charge is 0.419 e. The van der Waals surface area contributed by atoms with Gasteiger partial charge in [-0.3, -0.25) is 4.79 Å². The van der Waals surface area contributed by atoms with Crippen LogP contribution in [0.1, 0.15) is 15.9 Å². The van der Waals surface area contributed by atoms with Crippen LogP contribution >= 0.6 is 27.5 Å². The Hall–Kier alpha value is -0.620. The maximum Gasteiger partial charge on any atom is 0.419 e. The summed E-state index contributed by atoms with van der Waals surface area (Å²) in [4.78, 5) is 10.7. The molecule has 0 spiro atoms. The number of benzene rings is 1. The number of hydrogen-bond donors (Lipinski definition) is 0. The molecule has 0 fully saturated rings. The normalized spacial score (nSPS) is 11.6. The third-order valence-corrected chi connectivity index (χ3v) is 2.43. The summed E-state index contributed by atoms with van der Waals surface area (Å²) in [5, 5.41) is -1.03. The van der Waals surface area contributed by atoms with E-state index in [9.17, 15) is 22.4 Å². The van der Waals surface area contributed by atoms with Crippen LogP contribution in [-0.2, 0) is 6.18 Å². The molecule has 0 N–H and O–H groups in total. The van der Waals surface area contributed by atoms with Gasteiger partial charge in [0.15, 0.2) is 0 Å². The molecule has 0 aliphatic carbocycles. The van der Waals surface area contributed by atoms with Crippen molar-refractivity contribution in [3.8, 4) is 0 Å². The van der Waals surface area contributed by atoms with Gasteiger partial charge in [0.05, 0.1) is 11.1 Å². The number of halogens is 6. The Kier molecular flexibility index (Phi) is 3.40. The zero-order valence-electron chi connectivity index (χ0n) is 6.83. The number of rotatable bonds is 1. The highest BCUT2D eigenvalue weighted by Crippen LogP contribution is 2.34. The third kappa shape index (κ3) is 2.69. The summed E-state index contributed by atoms with van der Waals surface area (Å²) in [5.74, 6) is -1.53. The molecular formula is C8H2BrClF4O. The molecule has 0 atom stereocenters. The smallest absolute Gasteiger partial charge is 0.276 e. The van der Waals surface area contributed by atoms with Gasteiger partial charge in [-0.05, 0) is 39.7 Å². The van der Waals surface area contributed by atoms with Crippen LogP contribution in [0.5, 0.6) is 0 Å². The zero-order chi connectivity index (χ0) is 11.8. The van der Waals surface area contributed by atoms with E-state index < -0.39 is 22.8 Å². The van der Waals surface area contributed by atoms with Crippen LogP contribution in [0, 0.1) is 5.82 Å². The van der Waals surface area contributed by atoms with Crippen molar-refractivity contribution in [3.05, 3.63) is 33.5 Å². The van der Waals surface area contributed by atoms with Crippen molar-refractivity contribution in [2.45, 2.75) is 6.18 Å². The number of carbonyl (C=O) groups excluding carboxylic acids is 1. The van der Waals surface area contributed by atoms with Crippen LogP contribution in [-0.4, -0.2) is 5.24 Å². The van der Waals surface area contributed by atoms with Crippen LogP contribution < -0.4 is 0 Å². The van der Waals surface area contributed by atoms with E-state index in [-0.39, 0.29) is 10.0 Å². The van der Waals surface area contributed by atoms with E-state index >= 15 is 0 Å². The molecule has 1 aromatic carbocycles. The highest BCUT2D eigenvalue weighted by Gasteiger charge is 2.35. The van der Waals surface area contributed by atoms with Gasteiger partial charge in [-0.1, -0.05) is 0 Å². The molecule has 0 unspecified atom stereocenters. The van der Waals surface area contributed by atoms with Gasteiger partial charge in [0.25, 0.3) is 5.24 Å².